The average molecular weight is 1030 g/mol. The number of carbonyl (C=O) groups excluding carboxylic acids is 3. The summed E-state index contributed by atoms with van der Waals surface area (Å²) in [6, 6.07) is 6.55. The predicted molar refractivity (Wildman–Crippen MR) is 275 cm³/mol. The minimum atomic E-state index is -2.86. The molecule has 18 heteroatoms. The number of hydrogen-bond acceptors (Lipinski definition) is 13. The van der Waals surface area contributed by atoms with Crippen LogP contribution in [-0.4, -0.2) is 133 Å². The number of benzene rings is 1. The maximum atomic E-state index is 14.8. The number of cyclic esters (lactones) is 1. The fraction of sp³-hybridized carbons (Fsp3) is 0.655. The van der Waals surface area contributed by atoms with E-state index in [0.29, 0.717) is 44.1 Å². The lowest BCUT2D eigenvalue weighted by Gasteiger charge is -2.42. The van der Waals surface area contributed by atoms with Gasteiger partial charge in [-0.25, -0.2) is 19.2 Å². The molecule has 15 nitrogen and oxygen atoms in total. The fourth-order valence-electron chi connectivity index (χ4n) is 12.0. The second-order valence-corrected chi connectivity index (χ2v) is 23.3. The molecule has 0 spiro atoms. The van der Waals surface area contributed by atoms with E-state index in [-0.39, 0.29) is 65.9 Å². The zero-order valence-corrected chi connectivity index (χ0v) is 44.8. The Labute approximate surface area is 432 Å². The third-order valence-corrected chi connectivity index (χ3v) is 16.8. The first-order chi connectivity index (χ1) is 34.9. The minimum absolute atomic E-state index is 0.000224. The summed E-state index contributed by atoms with van der Waals surface area (Å²) in [6.07, 6.45) is 0.747. The van der Waals surface area contributed by atoms with Crippen LogP contribution in [-0.2, 0) is 51.0 Å². The van der Waals surface area contributed by atoms with Crippen molar-refractivity contribution in [3.63, 3.8) is 0 Å². The van der Waals surface area contributed by atoms with Crippen molar-refractivity contribution in [2.75, 3.05) is 59.8 Å². The Hall–Kier alpha value is -4.43. The number of esters is 1. The Kier molecular flexibility index (Phi) is 16.4. The molecular formula is C55H75F2N7O8S. The number of nitrogens with one attached hydrogen (secondary N) is 2. The van der Waals surface area contributed by atoms with Crippen molar-refractivity contribution in [2.45, 2.75) is 143 Å². The zero-order chi connectivity index (χ0) is 51.9. The minimum Gasteiger partial charge on any atom is -0.464 e. The molecule has 1 saturated carbocycles. The largest absolute Gasteiger partial charge is 0.464 e. The SMILES string of the molecule is CO[C@@H](C)c1ncc([C@@H]2CCN3CCOCC3C2)cc1-c1c2c3cc(ccc3n1CCOC(C)C)-c1csc(n1)[C@@H](OCC(F)F)[C@H](NC(=O)[C@H]1C(C(C)C)[C@@H]1C)C(=O)N1CCC[C@H](N1)C(=O)OCC(C)(C)C2. The van der Waals surface area contributed by atoms with Gasteiger partial charge in [-0.3, -0.25) is 29.3 Å². The number of morpholine rings is 1. The van der Waals surface area contributed by atoms with Crippen LogP contribution in [0.5, 0.6) is 0 Å². The van der Waals surface area contributed by atoms with Crippen molar-refractivity contribution in [1.29, 1.82) is 0 Å². The maximum Gasteiger partial charge on any atom is 0.324 e. The normalized spacial score (nSPS) is 27.3. The molecule has 2 amide bonds. The highest BCUT2D eigenvalue weighted by Crippen LogP contribution is 2.51. The molecule has 73 heavy (non-hydrogen) atoms. The molecule has 1 aliphatic carbocycles. The third kappa shape index (κ3) is 11.6. The summed E-state index contributed by atoms with van der Waals surface area (Å²) >= 11 is 1.18. The van der Waals surface area contributed by atoms with Gasteiger partial charge in [-0.05, 0) is 112 Å². The van der Waals surface area contributed by atoms with Crippen molar-refractivity contribution < 1.29 is 46.8 Å². The van der Waals surface area contributed by atoms with Gasteiger partial charge in [-0.15, -0.1) is 11.3 Å². The van der Waals surface area contributed by atoms with Gasteiger partial charge in [0.15, 0.2) is 0 Å². The molecule has 7 heterocycles. The maximum absolute atomic E-state index is 14.8. The van der Waals surface area contributed by atoms with Crippen LogP contribution in [0.1, 0.15) is 121 Å². The number of aromatic nitrogens is 3. The van der Waals surface area contributed by atoms with Crippen molar-refractivity contribution in [3.8, 4) is 22.5 Å². The number of pyridine rings is 1. The second kappa shape index (κ2) is 22.4. The quantitative estimate of drug-likeness (QED) is 0.116. The highest BCUT2D eigenvalue weighted by atomic mass is 32.1. The molecule has 1 aromatic carbocycles. The topological polar surface area (TPSA) is 159 Å². The molecule has 9 atom stereocenters. The summed E-state index contributed by atoms with van der Waals surface area (Å²) < 4.78 is 61.2. The number of ether oxygens (including phenoxy) is 5. The third-order valence-electron chi connectivity index (χ3n) is 15.9. The average Bonchev–Trinajstić information content (AvgIpc) is 3.67. The Morgan fingerprint density at radius 2 is 1.89 bits per heavy atom. The number of alkyl halides is 2. The van der Waals surface area contributed by atoms with Gasteiger partial charge in [0, 0.05) is 77.7 Å². The highest BCUT2D eigenvalue weighted by molar-refractivity contribution is 7.10. The molecular weight excluding hydrogens is 957 g/mol. The van der Waals surface area contributed by atoms with Gasteiger partial charge in [0.2, 0.25) is 5.91 Å². The summed E-state index contributed by atoms with van der Waals surface area (Å²) in [5, 5.41) is 7.32. The molecule has 6 bridgehead atoms. The van der Waals surface area contributed by atoms with Crippen LogP contribution < -0.4 is 10.7 Å². The predicted octanol–water partition coefficient (Wildman–Crippen LogP) is 8.50. The van der Waals surface area contributed by atoms with Crippen LogP contribution in [0.4, 0.5) is 8.78 Å². The number of halogens is 2. The van der Waals surface area contributed by atoms with Crippen molar-refractivity contribution in [3.05, 3.63) is 57.7 Å². The lowest BCUT2D eigenvalue weighted by Crippen LogP contribution is -2.61. The number of methoxy groups -OCH3 is 1. The first-order valence-corrected chi connectivity index (χ1v) is 27.3. The first kappa shape index (κ1) is 53.4. The van der Waals surface area contributed by atoms with E-state index in [2.05, 4.69) is 66.1 Å². The number of nitrogens with zero attached hydrogens (tertiary/aromatic N) is 5. The standard InChI is InChI=1S/C55H75F2N7O8S/c1-30(2)45-32(5)46(45)51(65)60-48-50(71-27-44(56)57)52-59-42(28-73-52)35-12-13-43-38(22-35)40(24-55(7,8)29-72-54(67)41-11-10-15-64(61-41)53(48)66)49(63(43)18-20-70-31(3)4)39-23-36(25-58-47(39)33(6)68-9)34-14-16-62-17-19-69-26-37(62)21-34/h12-13,22-23,25,28,30-34,37,41,44-46,48,50,61H,10-11,14-21,24,26-27,29H2,1-9H3,(H,60,65)/t32-,33-,34+,37?,41-,45?,46+,48-,50-/m0/s1. The molecule has 2 N–H and O–H groups in total. The van der Waals surface area contributed by atoms with E-state index in [0.717, 1.165) is 83.7 Å². The molecule has 3 aromatic heterocycles. The number of piperidine rings is 1. The van der Waals surface area contributed by atoms with E-state index in [1.165, 1.54) is 16.3 Å². The molecule has 4 fully saturated rings. The summed E-state index contributed by atoms with van der Waals surface area (Å²) in [7, 11) is 1.70. The van der Waals surface area contributed by atoms with E-state index in [1.807, 2.05) is 45.3 Å². The van der Waals surface area contributed by atoms with Crippen LogP contribution in [0.25, 0.3) is 33.4 Å². The van der Waals surface area contributed by atoms with Crippen LogP contribution in [0.3, 0.4) is 0 Å². The summed E-state index contributed by atoms with van der Waals surface area (Å²) in [5.74, 6) is -1.19. The van der Waals surface area contributed by atoms with Crippen molar-refractivity contribution >= 4 is 40.0 Å². The van der Waals surface area contributed by atoms with Gasteiger partial charge < -0.3 is 33.6 Å². The summed E-state index contributed by atoms with van der Waals surface area (Å²) in [6.45, 7) is 20.0. The Bertz CT molecular complexity index is 2620. The van der Waals surface area contributed by atoms with Crippen LogP contribution in [0, 0.1) is 29.1 Å². The smallest absolute Gasteiger partial charge is 0.324 e. The lowest BCUT2D eigenvalue weighted by molar-refractivity contribution is -0.157. The number of thiazole rings is 1. The van der Waals surface area contributed by atoms with Gasteiger partial charge in [-0.1, -0.05) is 40.7 Å². The first-order valence-electron chi connectivity index (χ1n) is 26.4. The summed E-state index contributed by atoms with van der Waals surface area (Å²) in [4.78, 5) is 56.0. The zero-order valence-electron chi connectivity index (χ0n) is 44.0. The van der Waals surface area contributed by atoms with Gasteiger partial charge in [0.25, 0.3) is 12.3 Å². The molecule has 0 radical (unpaired) electrons. The highest BCUT2D eigenvalue weighted by Gasteiger charge is 2.54. The van der Waals surface area contributed by atoms with Crippen molar-refractivity contribution in [1.82, 2.24) is 35.2 Å². The number of rotatable bonds is 14. The molecule has 398 valence electrons. The van der Waals surface area contributed by atoms with E-state index < -0.39 is 48.5 Å². The van der Waals surface area contributed by atoms with E-state index in [4.69, 9.17) is 33.7 Å². The monoisotopic (exact) mass is 1030 g/mol. The molecule has 5 aliphatic rings. The lowest BCUT2D eigenvalue weighted by atomic mass is 9.82. The fourth-order valence-corrected chi connectivity index (χ4v) is 12.9. The Morgan fingerprint density at radius 1 is 1.08 bits per heavy atom. The van der Waals surface area contributed by atoms with E-state index in [1.54, 1.807) is 7.11 Å². The van der Waals surface area contributed by atoms with Gasteiger partial charge in [0.05, 0.1) is 55.7 Å². The van der Waals surface area contributed by atoms with Crippen LogP contribution >= 0.6 is 11.3 Å². The van der Waals surface area contributed by atoms with Crippen LogP contribution in [0.15, 0.2) is 35.8 Å². The van der Waals surface area contributed by atoms with Crippen molar-refractivity contribution in [2.24, 2.45) is 29.1 Å². The number of fused-ring (bicyclic) bond motifs is 7. The van der Waals surface area contributed by atoms with Gasteiger partial charge >= 0.3 is 5.97 Å². The molecule has 3 saturated heterocycles. The number of amides is 2. The van der Waals surface area contributed by atoms with E-state index >= 15 is 0 Å². The number of hydrogen-bond donors (Lipinski definition) is 2. The molecule has 4 aliphatic heterocycles. The Balaban J connectivity index is 1.21. The van der Waals surface area contributed by atoms with Gasteiger partial charge in [-0.2, -0.15) is 0 Å². The Morgan fingerprint density at radius 3 is 2.63 bits per heavy atom. The number of carbonyl (C=O) groups is 3. The number of hydrazine groups is 1. The molecule has 4 aromatic rings. The van der Waals surface area contributed by atoms with Crippen LogP contribution in [0.2, 0.25) is 0 Å². The second-order valence-electron chi connectivity index (χ2n) is 22.4. The van der Waals surface area contributed by atoms with Gasteiger partial charge in [0.1, 0.15) is 29.8 Å². The molecule has 2 unspecified atom stereocenters. The molecule has 9 rings (SSSR count). The van der Waals surface area contributed by atoms with E-state index in [9.17, 15) is 23.2 Å². The summed E-state index contributed by atoms with van der Waals surface area (Å²) in [5.41, 5.74) is 9.70.